The maximum absolute atomic E-state index is 12.8. The Labute approximate surface area is 183 Å². The van der Waals surface area contributed by atoms with Crippen LogP contribution in [0.15, 0.2) is 52.9 Å². The van der Waals surface area contributed by atoms with Crippen LogP contribution in [-0.4, -0.2) is 18.0 Å². The SMILES string of the molecule is COc1ccc(Cl)cc1C(=O)Nc1ccc(Cl)c(-c2nc3cc(C)c(C)cc3o2)c1. The van der Waals surface area contributed by atoms with Gasteiger partial charge < -0.3 is 14.5 Å². The molecule has 5 nitrogen and oxygen atoms in total. The number of aryl methyl sites for hydroxylation is 2. The Balaban J connectivity index is 1.69. The van der Waals surface area contributed by atoms with Crippen molar-refractivity contribution in [1.82, 2.24) is 4.98 Å². The zero-order valence-corrected chi connectivity index (χ0v) is 18.1. The van der Waals surface area contributed by atoms with Crippen LogP contribution in [0.5, 0.6) is 5.75 Å². The van der Waals surface area contributed by atoms with Crippen LogP contribution in [0.2, 0.25) is 10.0 Å². The third kappa shape index (κ3) is 3.86. The van der Waals surface area contributed by atoms with Gasteiger partial charge in [0.05, 0.1) is 23.3 Å². The van der Waals surface area contributed by atoms with Crippen LogP contribution in [0.25, 0.3) is 22.6 Å². The lowest BCUT2D eigenvalue weighted by Gasteiger charge is -2.11. The summed E-state index contributed by atoms with van der Waals surface area (Å²) in [5.41, 5.74) is 5.13. The van der Waals surface area contributed by atoms with Crippen molar-refractivity contribution in [1.29, 1.82) is 0 Å². The van der Waals surface area contributed by atoms with Crippen LogP contribution in [0.1, 0.15) is 21.5 Å². The average molecular weight is 441 g/mol. The highest BCUT2D eigenvalue weighted by molar-refractivity contribution is 6.33. The summed E-state index contributed by atoms with van der Waals surface area (Å²) in [6.45, 7) is 4.04. The number of oxazole rings is 1. The minimum absolute atomic E-state index is 0.328. The normalized spacial score (nSPS) is 11.0. The number of ether oxygens (including phenoxy) is 1. The van der Waals surface area contributed by atoms with Gasteiger partial charge in [0.1, 0.15) is 11.3 Å². The molecule has 0 spiro atoms. The van der Waals surface area contributed by atoms with Crippen LogP contribution in [0.3, 0.4) is 0 Å². The fourth-order valence-electron chi connectivity index (χ4n) is 3.12. The number of anilines is 1. The van der Waals surface area contributed by atoms with Gasteiger partial charge in [0.25, 0.3) is 5.91 Å². The van der Waals surface area contributed by atoms with Gasteiger partial charge in [-0.3, -0.25) is 4.79 Å². The number of aromatic nitrogens is 1. The number of nitrogens with zero attached hydrogens (tertiary/aromatic N) is 1. The summed E-state index contributed by atoms with van der Waals surface area (Å²) >= 11 is 12.4. The van der Waals surface area contributed by atoms with Gasteiger partial charge in [0.15, 0.2) is 5.58 Å². The van der Waals surface area contributed by atoms with Crippen molar-refractivity contribution in [3.05, 3.63) is 75.3 Å². The summed E-state index contributed by atoms with van der Waals surface area (Å²) in [6, 6.07) is 13.9. The Bertz CT molecular complexity index is 1240. The van der Waals surface area contributed by atoms with E-state index in [1.807, 2.05) is 26.0 Å². The van der Waals surface area contributed by atoms with Gasteiger partial charge >= 0.3 is 0 Å². The molecule has 1 aromatic heterocycles. The molecule has 1 heterocycles. The Morgan fingerprint density at radius 2 is 1.80 bits per heavy atom. The Kier molecular flexibility index (Phi) is 5.41. The minimum Gasteiger partial charge on any atom is -0.496 e. The molecule has 1 N–H and O–H groups in total. The van der Waals surface area contributed by atoms with Crippen LogP contribution < -0.4 is 10.1 Å². The van der Waals surface area contributed by atoms with Crippen LogP contribution in [-0.2, 0) is 0 Å². The molecule has 30 heavy (non-hydrogen) atoms. The highest BCUT2D eigenvalue weighted by atomic mass is 35.5. The molecule has 3 aromatic carbocycles. The fourth-order valence-corrected chi connectivity index (χ4v) is 3.49. The van der Waals surface area contributed by atoms with Gasteiger partial charge in [-0.05, 0) is 73.5 Å². The molecule has 0 radical (unpaired) electrons. The molecule has 4 rings (SSSR count). The Morgan fingerprint density at radius 3 is 2.57 bits per heavy atom. The molecule has 4 aromatic rings. The van der Waals surface area contributed by atoms with Crippen molar-refractivity contribution in [2.45, 2.75) is 13.8 Å². The highest BCUT2D eigenvalue weighted by Crippen LogP contribution is 2.33. The lowest BCUT2D eigenvalue weighted by molar-refractivity contribution is 0.102. The van der Waals surface area contributed by atoms with Gasteiger partial charge in [0, 0.05) is 10.7 Å². The van der Waals surface area contributed by atoms with Crippen LogP contribution in [0, 0.1) is 13.8 Å². The minimum atomic E-state index is -0.355. The second-order valence-corrected chi connectivity index (χ2v) is 7.76. The molecule has 0 bridgehead atoms. The summed E-state index contributed by atoms with van der Waals surface area (Å²) < 4.78 is 11.2. The van der Waals surface area contributed by atoms with Gasteiger partial charge in [0.2, 0.25) is 5.89 Å². The predicted molar refractivity (Wildman–Crippen MR) is 120 cm³/mol. The first-order chi connectivity index (χ1) is 14.4. The van der Waals surface area contributed by atoms with Crippen LogP contribution in [0.4, 0.5) is 5.69 Å². The third-order valence-corrected chi connectivity index (χ3v) is 5.43. The lowest BCUT2D eigenvalue weighted by Crippen LogP contribution is -2.13. The number of hydrogen-bond donors (Lipinski definition) is 1. The lowest BCUT2D eigenvalue weighted by atomic mass is 10.1. The van der Waals surface area contributed by atoms with E-state index in [-0.39, 0.29) is 5.91 Å². The largest absolute Gasteiger partial charge is 0.496 e. The molecule has 0 saturated heterocycles. The maximum atomic E-state index is 12.8. The fraction of sp³-hybridized carbons (Fsp3) is 0.130. The van der Waals surface area contributed by atoms with E-state index in [1.54, 1.807) is 36.4 Å². The number of fused-ring (bicyclic) bond motifs is 1. The average Bonchev–Trinajstić information content (AvgIpc) is 3.12. The Hall–Kier alpha value is -3.02. The second-order valence-electron chi connectivity index (χ2n) is 6.92. The third-order valence-electron chi connectivity index (χ3n) is 4.86. The smallest absolute Gasteiger partial charge is 0.259 e. The van der Waals surface area contributed by atoms with Crippen molar-refractivity contribution in [2.24, 2.45) is 0 Å². The molecule has 152 valence electrons. The van der Waals surface area contributed by atoms with E-state index in [0.29, 0.717) is 44.1 Å². The van der Waals surface area contributed by atoms with Gasteiger partial charge in [-0.15, -0.1) is 0 Å². The molecular weight excluding hydrogens is 423 g/mol. The second kappa shape index (κ2) is 8.01. The predicted octanol–water partition coefficient (Wildman–Crippen LogP) is 6.68. The van der Waals surface area contributed by atoms with Gasteiger partial charge in [-0.2, -0.15) is 0 Å². The summed E-state index contributed by atoms with van der Waals surface area (Å²) in [5.74, 6) is 0.457. The summed E-state index contributed by atoms with van der Waals surface area (Å²) in [7, 11) is 1.50. The molecule has 0 aliphatic heterocycles. The number of methoxy groups -OCH3 is 1. The number of nitrogens with one attached hydrogen (secondary N) is 1. The summed E-state index contributed by atoms with van der Waals surface area (Å²) in [4.78, 5) is 17.3. The highest BCUT2D eigenvalue weighted by Gasteiger charge is 2.17. The molecule has 0 fully saturated rings. The molecule has 0 aliphatic rings. The molecule has 7 heteroatoms. The van der Waals surface area contributed by atoms with Crippen molar-refractivity contribution >= 4 is 45.9 Å². The van der Waals surface area contributed by atoms with Crippen LogP contribution >= 0.6 is 23.2 Å². The van der Waals surface area contributed by atoms with Crippen molar-refractivity contribution in [2.75, 3.05) is 12.4 Å². The first kappa shape index (κ1) is 20.3. The van der Waals surface area contributed by atoms with E-state index in [1.165, 1.54) is 7.11 Å². The van der Waals surface area contributed by atoms with E-state index in [9.17, 15) is 4.79 Å². The van der Waals surface area contributed by atoms with E-state index in [2.05, 4.69) is 10.3 Å². The number of carbonyl (C=O) groups excluding carboxylic acids is 1. The molecular formula is C23H18Cl2N2O3. The zero-order chi connectivity index (χ0) is 21.4. The Morgan fingerprint density at radius 1 is 1.03 bits per heavy atom. The quantitative estimate of drug-likeness (QED) is 0.384. The van der Waals surface area contributed by atoms with Crippen molar-refractivity contribution in [3.8, 4) is 17.2 Å². The molecule has 0 atom stereocenters. The molecule has 1 amide bonds. The van der Waals surface area contributed by atoms with E-state index in [4.69, 9.17) is 32.4 Å². The number of hydrogen-bond acceptors (Lipinski definition) is 4. The molecule has 0 aliphatic carbocycles. The van der Waals surface area contributed by atoms with E-state index >= 15 is 0 Å². The van der Waals surface area contributed by atoms with E-state index < -0.39 is 0 Å². The maximum Gasteiger partial charge on any atom is 0.259 e. The zero-order valence-electron chi connectivity index (χ0n) is 16.5. The summed E-state index contributed by atoms with van der Waals surface area (Å²) in [5, 5.41) is 3.75. The molecule has 0 saturated carbocycles. The number of rotatable bonds is 4. The topological polar surface area (TPSA) is 64.4 Å². The monoisotopic (exact) mass is 440 g/mol. The number of benzene rings is 3. The van der Waals surface area contributed by atoms with Gasteiger partial charge in [-0.1, -0.05) is 23.2 Å². The standard InChI is InChI=1S/C23H18Cl2N2O3/c1-12-8-19-21(9-13(12)2)30-23(27-19)16-11-15(5-6-18(16)25)26-22(28)17-10-14(24)4-7-20(17)29-3/h4-11H,1-3H3,(H,26,28). The number of carbonyl (C=O) groups is 1. The van der Waals surface area contributed by atoms with Gasteiger partial charge in [-0.25, -0.2) is 4.98 Å². The van der Waals surface area contributed by atoms with E-state index in [0.717, 1.165) is 16.6 Å². The van der Waals surface area contributed by atoms with Crippen molar-refractivity contribution < 1.29 is 13.9 Å². The molecule has 0 unspecified atom stereocenters. The number of halogens is 2. The van der Waals surface area contributed by atoms with Crippen molar-refractivity contribution in [3.63, 3.8) is 0 Å². The first-order valence-corrected chi connectivity index (χ1v) is 9.94. The number of amides is 1. The first-order valence-electron chi connectivity index (χ1n) is 9.18. The summed E-state index contributed by atoms with van der Waals surface area (Å²) in [6.07, 6.45) is 0.